The molecule has 5 nitrogen and oxygen atoms in total. The normalized spacial score (nSPS) is 18.8. The summed E-state index contributed by atoms with van der Waals surface area (Å²) in [4.78, 5) is 26.2. The lowest BCUT2D eigenvalue weighted by Crippen LogP contribution is -2.32. The van der Waals surface area contributed by atoms with E-state index in [2.05, 4.69) is 26.2 Å². The maximum atomic E-state index is 11.6. The average Bonchev–Trinajstić information content (AvgIpc) is 2.19. The van der Waals surface area contributed by atoms with E-state index < -0.39 is 11.9 Å². The zero-order valence-electron chi connectivity index (χ0n) is 8.24. The standard InChI is InChI=1S/C10H9BrN2O3/c11-7-2-5-1-6(3-8(14)15)10(16)13-9(5)12-4-7/h2,4,6H,1,3H2,(H,14,15)(H,12,13,16). The fraction of sp³-hybridized carbons (Fsp3) is 0.300. The predicted molar refractivity (Wildman–Crippen MR) is 60.0 cm³/mol. The second-order valence-corrected chi connectivity index (χ2v) is 4.57. The fourth-order valence-corrected chi connectivity index (χ4v) is 2.08. The number of nitrogens with zero attached hydrogens (tertiary/aromatic N) is 1. The summed E-state index contributed by atoms with van der Waals surface area (Å²) in [7, 11) is 0. The summed E-state index contributed by atoms with van der Waals surface area (Å²) in [5.74, 6) is -1.23. The van der Waals surface area contributed by atoms with Gasteiger partial charge in [0.1, 0.15) is 5.82 Å². The van der Waals surface area contributed by atoms with Crippen LogP contribution in [0.1, 0.15) is 12.0 Å². The summed E-state index contributed by atoms with van der Waals surface area (Å²) in [6.07, 6.45) is 1.86. The van der Waals surface area contributed by atoms with Gasteiger partial charge in [-0.05, 0) is 34.0 Å². The van der Waals surface area contributed by atoms with Crippen molar-refractivity contribution in [2.75, 3.05) is 5.32 Å². The number of rotatable bonds is 2. The van der Waals surface area contributed by atoms with Gasteiger partial charge < -0.3 is 10.4 Å². The predicted octanol–water partition coefficient (Wildman–Crippen LogP) is 1.43. The lowest BCUT2D eigenvalue weighted by molar-refractivity contribution is -0.140. The Bertz CT molecular complexity index is 461. The second-order valence-electron chi connectivity index (χ2n) is 3.65. The Morgan fingerprint density at radius 2 is 2.44 bits per heavy atom. The zero-order chi connectivity index (χ0) is 11.7. The molecule has 0 radical (unpaired) electrons. The second kappa shape index (κ2) is 4.21. The number of amides is 1. The molecular weight excluding hydrogens is 276 g/mol. The molecule has 0 fully saturated rings. The van der Waals surface area contributed by atoms with Gasteiger partial charge in [0.2, 0.25) is 5.91 Å². The summed E-state index contributed by atoms with van der Waals surface area (Å²) in [6, 6.07) is 1.84. The molecule has 1 aliphatic rings. The molecule has 1 aliphatic heterocycles. The summed E-state index contributed by atoms with van der Waals surface area (Å²) in [5.41, 5.74) is 0.861. The lowest BCUT2D eigenvalue weighted by Gasteiger charge is -2.22. The van der Waals surface area contributed by atoms with Gasteiger partial charge in [-0.25, -0.2) is 4.98 Å². The van der Waals surface area contributed by atoms with Crippen LogP contribution in [0.2, 0.25) is 0 Å². The van der Waals surface area contributed by atoms with E-state index in [1.54, 1.807) is 6.20 Å². The van der Waals surface area contributed by atoms with E-state index in [1.807, 2.05) is 6.07 Å². The van der Waals surface area contributed by atoms with Crippen LogP contribution in [-0.4, -0.2) is 22.0 Å². The van der Waals surface area contributed by atoms with Gasteiger partial charge in [0, 0.05) is 10.7 Å². The molecule has 2 N–H and O–H groups in total. The van der Waals surface area contributed by atoms with Crippen LogP contribution < -0.4 is 5.32 Å². The number of aromatic nitrogens is 1. The van der Waals surface area contributed by atoms with Gasteiger partial charge in [-0.3, -0.25) is 9.59 Å². The van der Waals surface area contributed by atoms with Crippen LogP contribution >= 0.6 is 15.9 Å². The number of hydrogen-bond acceptors (Lipinski definition) is 3. The molecule has 0 saturated heterocycles. The third-order valence-electron chi connectivity index (χ3n) is 2.43. The fourth-order valence-electron chi connectivity index (χ4n) is 1.70. The van der Waals surface area contributed by atoms with Gasteiger partial charge >= 0.3 is 5.97 Å². The molecule has 1 atom stereocenters. The molecule has 16 heavy (non-hydrogen) atoms. The Morgan fingerprint density at radius 3 is 3.12 bits per heavy atom. The summed E-state index contributed by atoms with van der Waals surface area (Å²) < 4.78 is 0.816. The highest BCUT2D eigenvalue weighted by Crippen LogP contribution is 2.27. The van der Waals surface area contributed by atoms with E-state index in [9.17, 15) is 9.59 Å². The molecule has 6 heteroatoms. The maximum absolute atomic E-state index is 11.6. The van der Waals surface area contributed by atoms with Crippen LogP contribution in [0.15, 0.2) is 16.7 Å². The molecule has 1 aromatic rings. The van der Waals surface area contributed by atoms with Crippen molar-refractivity contribution < 1.29 is 14.7 Å². The van der Waals surface area contributed by atoms with Crippen molar-refractivity contribution in [3.05, 3.63) is 22.3 Å². The largest absolute Gasteiger partial charge is 0.481 e. The number of pyridine rings is 1. The number of halogens is 1. The number of carboxylic acid groups (broad SMARTS) is 1. The molecule has 0 bridgehead atoms. The molecular formula is C10H9BrN2O3. The molecule has 1 unspecified atom stereocenters. The first-order valence-electron chi connectivity index (χ1n) is 4.73. The van der Waals surface area contributed by atoms with Crippen LogP contribution in [0.25, 0.3) is 0 Å². The molecule has 0 aliphatic carbocycles. The van der Waals surface area contributed by atoms with E-state index in [4.69, 9.17) is 5.11 Å². The number of fused-ring (bicyclic) bond motifs is 1. The van der Waals surface area contributed by atoms with Crippen molar-refractivity contribution in [3.63, 3.8) is 0 Å². The number of nitrogens with one attached hydrogen (secondary N) is 1. The average molecular weight is 285 g/mol. The molecule has 1 aromatic heterocycles. The van der Waals surface area contributed by atoms with Crippen molar-refractivity contribution >= 4 is 33.6 Å². The Kier molecular flexibility index (Phi) is 2.91. The van der Waals surface area contributed by atoms with Gasteiger partial charge in [0.15, 0.2) is 0 Å². The van der Waals surface area contributed by atoms with E-state index in [-0.39, 0.29) is 12.3 Å². The maximum Gasteiger partial charge on any atom is 0.304 e. The highest BCUT2D eigenvalue weighted by atomic mass is 79.9. The topological polar surface area (TPSA) is 79.3 Å². The van der Waals surface area contributed by atoms with Gasteiger partial charge in [-0.1, -0.05) is 0 Å². The number of carboxylic acids is 1. The van der Waals surface area contributed by atoms with Gasteiger partial charge in [-0.15, -0.1) is 0 Å². The van der Waals surface area contributed by atoms with E-state index in [0.29, 0.717) is 12.2 Å². The Labute approximate surface area is 100 Å². The molecule has 1 amide bonds. The third kappa shape index (κ3) is 2.21. The van der Waals surface area contributed by atoms with E-state index in [1.165, 1.54) is 0 Å². The van der Waals surface area contributed by atoms with Gasteiger partial charge in [-0.2, -0.15) is 0 Å². The van der Waals surface area contributed by atoms with E-state index >= 15 is 0 Å². The molecule has 2 rings (SSSR count). The first-order chi connectivity index (χ1) is 7.56. The van der Waals surface area contributed by atoms with Crippen molar-refractivity contribution in [2.24, 2.45) is 5.92 Å². The minimum atomic E-state index is -0.966. The van der Waals surface area contributed by atoms with Crippen molar-refractivity contribution in [2.45, 2.75) is 12.8 Å². The summed E-state index contributed by atoms with van der Waals surface area (Å²) >= 11 is 3.28. The number of carbonyl (C=O) groups excluding carboxylic acids is 1. The van der Waals surface area contributed by atoms with Gasteiger partial charge in [0.25, 0.3) is 0 Å². The molecule has 0 aromatic carbocycles. The number of aliphatic carboxylic acids is 1. The Balaban J connectivity index is 2.26. The number of hydrogen-bond donors (Lipinski definition) is 2. The number of anilines is 1. The van der Waals surface area contributed by atoms with Crippen LogP contribution in [-0.2, 0) is 16.0 Å². The van der Waals surface area contributed by atoms with Crippen molar-refractivity contribution in [3.8, 4) is 0 Å². The SMILES string of the molecule is O=C(O)CC1Cc2cc(Br)cnc2NC1=O. The van der Waals surface area contributed by atoms with Crippen molar-refractivity contribution in [1.29, 1.82) is 0 Å². The summed E-state index contributed by atoms with van der Waals surface area (Å²) in [5, 5.41) is 11.3. The molecule has 2 heterocycles. The number of carbonyl (C=O) groups is 2. The van der Waals surface area contributed by atoms with Crippen LogP contribution in [0.4, 0.5) is 5.82 Å². The summed E-state index contributed by atoms with van der Waals surface area (Å²) in [6.45, 7) is 0. The van der Waals surface area contributed by atoms with Crippen LogP contribution in [0.5, 0.6) is 0 Å². The Morgan fingerprint density at radius 1 is 1.69 bits per heavy atom. The smallest absolute Gasteiger partial charge is 0.304 e. The minimum Gasteiger partial charge on any atom is -0.481 e. The minimum absolute atomic E-state index is 0.155. The Hall–Kier alpha value is -1.43. The quantitative estimate of drug-likeness (QED) is 0.861. The van der Waals surface area contributed by atoms with Crippen LogP contribution in [0.3, 0.4) is 0 Å². The van der Waals surface area contributed by atoms with Crippen LogP contribution in [0, 0.1) is 5.92 Å². The molecule has 0 saturated carbocycles. The van der Waals surface area contributed by atoms with Gasteiger partial charge in [0.05, 0.1) is 12.3 Å². The highest BCUT2D eigenvalue weighted by molar-refractivity contribution is 9.10. The first kappa shape index (κ1) is 11.1. The van der Waals surface area contributed by atoms with E-state index in [0.717, 1.165) is 10.0 Å². The monoisotopic (exact) mass is 284 g/mol. The first-order valence-corrected chi connectivity index (χ1v) is 5.52. The lowest BCUT2D eigenvalue weighted by atomic mass is 9.92. The highest BCUT2D eigenvalue weighted by Gasteiger charge is 2.28. The molecule has 0 spiro atoms. The third-order valence-corrected chi connectivity index (χ3v) is 2.87. The zero-order valence-corrected chi connectivity index (χ0v) is 9.82. The van der Waals surface area contributed by atoms with Crippen molar-refractivity contribution in [1.82, 2.24) is 4.98 Å². The molecule has 84 valence electrons.